The Balaban J connectivity index is 2.52. The Labute approximate surface area is 103 Å². The van der Waals surface area contributed by atoms with Crippen LogP contribution in [0.5, 0.6) is 5.75 Å². The van der Waals surface area contributed by atoms with Crippen molar-refractivity contribution in [3.63, 3.8) is 0 Å². The fourth-order valence-electron chi connectivity index (χ4n) is 1.52. The molecule has 3 heteroatoms. The molecule has 0 heterocycles. The van der Waals surface area contributed by atoms with Gasteiger partial charge in [-0.15, -0.1) is 0 Å². The van der Waals surface area contributed by atoms with Crippen LogP contribution < -0.4 is 4.74 Å². The summed E-state index contributed by atoms with van der Waals surface area (Å²) in [6.07, 6.45) is 2.18. The van der Waals surface area contributed by atoms with E-state index in [1.807, 2.05) is 31.2 Å². The molecule has 0 saturated carbocycles. The molecule has 0 amide bonds. The number of rotatable bonds is 7. The van der Waals surface area contributed by atoms with E-state index in [0.717, 1.165) is 25.2 Å². The van der Waals surface area contributed by atoms with Crippen LogP contribution in [0.4, 0.5) is 0 Å². The molecule has 0 saturated heterocycles. The molecule has 0 spiro atoms. The fourth-order valence-corrected chi connectivity index (χ4v) is 1.52. The van der Waals surface area contributed by atoms with E-state index in [1.165, 1.54) is 5.56 Å². The van der Waals surface area contributed by atoms with Gasteiger partial charge in [-0.1, -0.05) is 19.1 Å². The molecule has 0 aromatic heterocycles. The number of nitrogens with zero attached hydrogens (tertiary/aromatic N) is 1. The van der Waals surface area contributed by atoms with Crippen LogP contribution in [0.15, 0.2) is 24.3 Å². The molecule has 1 unspecified atom stereocenters. The summed E-state index contributed by atoms with van der Waals surface area (Å²) in [5.41, 5.74) is 1.23. The molecule has 0 N–H and O–H groups in total. The van der Waals surface area contributed by atoms with Crippen molar-refractivity contribution in [1.82, 2.24) is 0 Å². The summed E-state index contributed by atoms with van der Waals surface area (Å²) in [7, 11) is 1.70. The molecule has 92 valence electrons. The van der Waals surface area contributed by atoms with Gasteiger partial charge in [-0.3, -0.25) is 0 Å². The SMILES string of the molecule is CCC(CC#N)Oc1ccc(CCOC)cc1. The number of ether oxygens (including phenoxy) is 2. The molecule has 0 fully saturated rings. The first-order valence-electron chi connectivity index (χ1n) is 5.91. The van der Waals surface area contributed by atoms with Crippen molar-refractivity contribution < 1.29 is 9.47 Å². The van der Waals surface area contributed by atoms with Gasteiger partial charge >= 0.3 is 0 Å². The van der Waals surface area contributed by atoms with Crippen molar-refractivity contribution in [3.8, 4) is 11.8 Å². The zero-order valence-electron chi connectivity index (χ0n) is 10.5. The highest BCUT2D eigenvalue weighted by Crippen LogP contribution is 2.16. The second kappa shape index (κ2) is 7.70. The van der Waals surface area contributed by atoms with Gasteiger partial charge < -0.3 is 9.47 Å². The zero-order valence-corrected chi connectivity index (χ0v) is 10.5. The van der Waals surface area contributed by atoms with E-state index in [2.05, 4.69) is 6.07 Å². The smallest absolute Gasteiger partial charge is 0.119 e. The molecular weight excluding hydrogens is 214 g/mol. The summed E-state index contributed by atoms with van der Waals surface area (Å²) in [4.78, 5) is 0. The Morgan fingerprint density at radius 2 is 2.00 bits per heavy atom. The third-order valence-electron chi connectivity index (χ3n) is 2.60. The summed E-state index contributed by atoms with van der Waals surface area (Å²) in [6.45, 7) is 2.75. The molecule has 0 bridgehead atoms. The number of hydrogen-bond donors (Lipinski definition) is 0. The van der Waals surface area contributed by atoms with Crippen molar-refractivity contribution in [2.24, 2.45) is 0 Å². The van der Waals surface area contributed by atoms with Gasteiger partial charge in [-0.25, -0.2) is 0 Å². The second-order valence-electron chi connectivity index (χ2n) is 3.90. The van der Waals surface area contributed by atoms with Crippen molar-refractivity contribution in [3.05, 3.63) is 29.8 Å². The standard InChI is InChI=1S/C14H19NO2/c1-3-13(8-10-15)17-14-6-4-12(5-7-14)9-11-16-2/h4-7,13H,3,8-9,11H2,1-2H3. The van der Waals surface area contributed by atoms with Crippen molar-refractivity contribution in [1.29, 1.82) is 5.26 Å². The molecule has 1 rings (SSSR count). The predicted molar refractivity (Wildman–Crippen MR) is 67.0 cm³/mol. The first-order valence-corrected chi connectivity index (χ1v) is 5.91. The van der Waals surface area contributed by atoms with Gasteiger partial charge in [0.2, 0.25) is 0 Å². The Morgan fingerprint density at radius 3 is 2.53 bits per heavy atom. The molecule has 1 atom stereocenters. The van der Waals surface area contributed by atoms with E-state index in [9.17, 15) is 0 Å². The highest BCUT2D eigenvalue weighted by atomic mass is 16.5. The lowest BCUT2D eigenvalue weighted by Gasteiger charge is -2.14. The topological polar surface area (TPSA) is 42.2 Å². The van der Waals surface area contributed by atoms with E-state index in [1.54, 1.807) is 7.11 Å². The maximum absolute atomic E-state index is 8.64. The lowest BCUT2D eigenvalue weighted by Crippen LogP contribution is -2.14. The van der Waals surface area contributed by atoms with Gasteiger partial charge in [-0.2, -0.15) is 5.26 Å². The van der Waals surface area contributed by atoms with Gasteiger partial charge in [0.1, 0.15) is 11.9 Å². The van der Waals surface area contributed by atoms with Gasteiger partial charge in [0.05, 0.1) is 19.1 Å². The summed E-state index contributed by atoms with van der Waals surface area (Å²) in [5.74, 6) is 0.827. The average molecular weight is 233 g/mol. The van der Waals surface area contributed by atoms with Crippen LogP contribution in [-0.2, 0) is 11.2 Å². The lowest BCUT2D eigenvalue weighted by molar-refractivity contribution is 0.200. The van der Waals surface area contributed by atoms with Crippen molar-refractivity contribution in [2.45, 2.75) is 32.3 Å². The highest BCUT2D eigenvalue weighted by molar-refractivity contribution is 5.27. The summed E-state index contributed by atoms with van der Waals surface area (Å²) >= 11 is 0. The van der Waals surface area contributed by atoms with E-state index >= 15 is 0 Å². The summed E-state index contributed by atoms with van der Waals surface area (Å²) in [5, 5.41) is 8.64. The van der Waals surface area contributed by atoms with Crippen LogP contribution in [0, 0.1) is 11.3 Å². The second-order valence-corrected chi connectivity index (χ2v) is 3.90. The minimum atomic E-state index is -0.00942. The predicted octanol–water partition coefficient (Wildman–Crippen LogP) is 2.95. The Bertz CT molecular complexity index is 353. The van der Waals surface area contributed by atoms with Crippen molar-refractivity contribution >= 4 is 0 Å². The minimum Gasteiger partial charge on any atom is -0.489 e. The van der Waals surface area contributed by atoms with Crippen LogP contribution in [0.2, 0.25) is 0 Å². The van der Waals surface area contributed by atoms with Crippen LogP contribution >= 0.6 is 0 Å². The molecule has 0 aliphatic heterocycles. The monoisotopic (exact) mass is 233 g/mol. The average Bonchev–Trinajstić information content (AvgIpc) is 2.37. The lowest BCUT2D eigenvalue weighted by atomic mass is 10.1. The van der Waals surface area contributed by atoms with E-state index in [0.29, 0.717) is 6.42 Å². The van der Waals surface area contributed by atoms with Crippen LogP contribution in [0.3, 0.4) is 0 Å². The molecule has 1 aromatic carbocycles. The normalized spacial score (nSPS) is 11.8. The largest absolute Gasteiger partial charge is 0.489 e. The quantitative estimate of drug-likeness (QED) is 0.727. The molecule has 17 heavy (non-hydrogen) atoms. The molecule has 0 radical (unpaired) electrons. The third-order valence-corrected chi connectivity index (χ3v) is 2.60. The molecule has 1 aromatic rings. The number of benzene rings is 1. The van der Waals surface area contributed by atoms with Gasteiger partial charge in [-0.05, 0) is 30.5 Å². The van der Waals surface area contributed by atoms with Gasteiger partial charge in [0.25, 0.3) is 0 Å². The third kappa shape index (κ3) is 4.88. The number of hydrogen-bond acceptors (Lipinski definition) is 3. The van der Waals surface area contributed by atoms with E-state index in [4.69, 9.17) is 14.7 Å². The summed E-state index contributed by atoms with van der Waals surface area (Å²) < 4.78 is 10.7. The Hall–Kier alpha value is -1.53. The first-order chi connectivity index (χ1) is 8.30. The molecule has 0 aliphatic rings. The number of methoxy groups -OCH3 is 1. The van der Waals surface area contributed by atoms with Gasteiger partial charge in [0, 0.05) is 7.11 Å². The van der Waals surface area contributed by atoms with Crippen LogP contribution in [-0.4, -0.2) is 19.8 Å². The van der Waals surface area contributed by atoms with Crippen LogP contribution in [0.1, 0.15) is 25.3 Å². The Kier molecular flexibility index (Phi) is 6.13. The minimum absolute atomic E-state index is 0.00942. The maximum atomic E-state index is 8.64. The highest BCUT2D eigenvalue weighted by Gasteiger charge is 2.07. The maximum Gasteiger partial charge on any atom is 0.119 e. The van der Waals surface area contributed by atoms with Gasteiger partial charge in [0.15, 0.2) is 0 Å². The number of nitriles is 1. The van der Waals surface area contributed by atoms with E-state index < -0.39 is 0 Å². The van der Waals surface area contributed by atoms with E-state index in [-0.39, 0.29) is 6.10 Å². The summed E-state index contributed by atoms with van der Waals surface area (Å²) in [6, 6.07) is 10.1. The van der Waals surface area contributed by atoms with Crippen LogP contribution in [0.25, 0.3) is 0 Å². The zero-order chi connectivity index (χ0) is 12.5. The molecule has 3 nitrogen and oxygen atoms in total. The first kappa shape index (κ1) is 13.5. The Morgan fingerprint density at radius 1 is 1.29 bits per heavy atom. The van der Waals surface area contributed by atoms with Crippen molar-refractivity contribution in [2.75, 3.05) is 13.7 Å². The fraction of sp³-hybridized carbons (Fsp3) is 0.500. The molecular formula is C14H19NO2. The molecule has 0 aliphatic carbocycles.